The molecule has 118 valence electrons. The molecule has 2 rings (SSSR count). The van der Waals surface area contributed by atoms with Gasteiger partial charge in [-0.1, -0.05) is 12.1 Å². The van der Waals surface area contributed by atoms with Gasteiger partial charge in [0.1, 0.15) is 5.75 Å². The number of rotatable bonds is 7. The number of unbranched alkanes of at least 4 members (excludes halogenated alkanes) is 2. The first kappa shape index (κ1) is 16.3. The Labute approximate surface area is 129 Å². The van der Waals surface area contributed by atoms with E-state index in [1.165, 1.54) is 56.7 Å². The van der Waals surface area contributed by atoms with Crippen LogP contribution < -0.4 is 4.74 Å². The number of hydrogen-bond donors (Lipinski definition) is 0. The first-order valence-electron chi connectivity index (χ1n) is 8.27. The minimum atomic E-state index is 0.840. The zero-order valence-electron chi connectivity index (χ0n) is 13.9. The maximum Gasteiger partial charge on any atom is 0.122 e. The molecule has 1 aliphatic heterocycles. The first-order valence-corrected chi connectivity index (χ1v) is 8.27. The molecule has 1 heterocycles. The molecule has 0 atom stereocenters. The molecule has 1 aliphatic rings. The summed E-state index contributed by atoms with van der Waals surface area (Å²) >= 11 is 0. The summed E-state index contributed by atoms with van der Waals surface area (Å²) in [5, 5.41) is 0. The van der Waals surface area contributed by atoms with Gasteiger partial charge in [-0.05, 0) is 63.9 Å². The predicted octanol–water partition coefficient (Wildman–Crippen LogP) is 3.10. The molecule has 1 aromatic rings. The summed E-state index contributed by atoms with van der Waals surface area (Å²) in [7, 11) is 2.21. The van der Waals surface area contributed by atoms with Crippen molar-refractivity contribution in [2.24, 2.45) is 0 Å². The molecular formula is C18H30N2O. The Bertz CT molecular complexity index is 425. The van der Waals surface area contributed by atoms with E-state index in [0.717, 1.165) is 18.8 Å². The minimum Gasteiger partial charge on any atom is -0.493 e. The Morgan fingerprint density at radius 3 is 2.52 bits per heavy atom. The number of aryl methyl sites for hydroxylation is 1. The minimum absolute atomic E-state index is 0.840. The number of piperazine rings is 1. The molecular weight excluding hydrogens is 260 g/mol. The third kappa shape index (κ3) is 5.33. The smallest absolute Gasteiger partial charge is 0.122 e. The van der Waals surface area contributed by atoms with E-state index in [9.17, 15) is 0 Å². The molecule has 0 radical (unpaired) electrons. The van der Waals surface area contributed by atoms with Crippen LogP contribution in [0.25, 0.3) is 0 Å². The molecule has 0 bridgehead atoms. The van der Waals surface area contributed by atoms with Gasteiger partial charge in [0.05, 0.1) is 6.61 Å². The molecule has 21 heavy (non-hydrogen) atoms. The number of benzene rings is 1. The second-order valence-corrected chi connectivity index (χ2v) is 6.25. The van der Waals surface area contributed by atoms with E-state index < -0.39 is 0 Å². The normalized spacial score (nSPS) is 17.1. The summed E-state index contributed by atoms with van der Waals surface area (Å²) in [5.41, 5.74) is 2.58. The lowest BCUT2D eigenvalue weighted by atomic mass is 10.1. The molecule has 0 N–H and O–H groups in total. The molecule has 0 unspecified atom stereocenters. The van der Waals surface area contributed by atoms with E-state index in [-0.39, 0.29) is 0 Å². The van der Waals surface area contributed by atoms with E-state index in [0.29, 0.717) is 0 Å². The van der Waals surface area contributed by atoms with Crippen LogP contribution in [0.1, 0.15) is 30.4 Å². The summed E-state index contributed by atoms with van der Waals surface area (Å²) < 4.78 is 5.90. The fraction of sp³-hybridized carbons (Fsp3) is 0.667. The Balaban J connectivity index is 1.55. The quantitative estimate of drug-likeness (QED) is 0.718. The van der Waals surface area contributed by atoms with Crippen LogP contribution in [0.5, 0.6) is 5.75 Å². The van der Waals surface area contributed by atoms with Gasteiger partial charge in [-0.15, -0.1) is 0 Å². The van der Waals surface area contributed by atoms with Crippen molar-refractivity contribution in [3.05, 3.63) is 29.3 Å². The molecule has 0 amide bonds. The summed E-state index contributed by atoms with van der Waals surface area (Å²) in [6.45, 7) is 11.3. The average Bonchev–Trinajstić information content (AvgIpc) is 2.49. The van der Waals surface area contributed by atoms with Crippen molar-refractivity contribution in [3.63, 3.8) is 0 Å². The lowest BCUT2D eigenvalue weighted by Crippen LogP contribution is -2.44. The molecule has 1 saturated heterocycles. The first-order chi connectivity index (χ1) is 10.2. The lowest BCUT2D eigenvalue weighted by molar-refractivity contribution is 0.151. The Morgan fingerprint density at radius 1 is 1.00 bits per heavy atom. The highest BCUT2D eigenvalue weighted by molar-refractivity contribution is 5.38. The Kier molecular flexibility index (Phi) is 6.52. The summed E-state index contributed by atoms with van der Waals surface area (Å²) in [4.78, 5) is 5.00. The predicted molar refractivity (Wildman–Crippen MR) is 89.2 cm³/mol. The molecule has 0 saturated carbocycles. The van der Waals surface area contributed by atoms with E-state index in [1.807, 2.05) is 0 Å². The van der Waals surface area contributed by atoms with Crippen LogP contribution in [0.15, 0.2) is 18.2 Å². The van der Waals surface area contributed by atoms with E-state index >= 15 is 0 Å². The topological polar surface area (TPSA) is 15.7 Å². The largest absolute Gasteiger partial charge is 0.493 e. The van der Waals surface area contributed by atoms with Gasteiger partial charge in [0, 0.05) is 26.2 Å². The summed E-state index contributed by atoms with van der Waals surface area (Å²) in [5.74, 6) is 1.05. The van der Waals surface area contributed by atoms with Crippen LogP contribution in [0.2, 0.25) is 0 Å². The molecule has 3 nitrogen and oxygen atoms in total. The van der Waals surface area contributed by atoms with E-state index in [1.54, 1.807) is 0 Å². The van der Waals surface area contributed by atoms with Crippen molar-refractivity contribution >= 4 is 0 Å². The number of hydrogen-bond acceptors (Lipinski definition) is 3. The fourth-order valence-corrected chi connectivity index (χ4v) is 2.75. The zero-order chi connectivity index (χ0) is 15.1. The van der Waals surface area contributed by atoms with Gasteiger partial charge in [0.15, 0.2) is 0 Å². The standard InChI is InChI=1S/C18H30N2O/c1-16-8-7-9-18(17(16)2)21-15-6-4-5-10-20-13-11-19(3)12-14-20/h7-9H,4-6,10-15H2,1-3H3. The van der Waals surface area contributed by atoms with E-state index in [4.69, 9.17) is 4.74 Å². The van der Waals surface area contributed by atoms with Crippen LogP contribution in [-0.2, 0) is 0 Å². The molecule has 1 fully saturated rings. The van der Waals surface area contributed by atoms with Gasteiger partial charge in [0.2, 0.25) is 0 Å². The van der Waals surface area contributed by atoms with Crippen molar-refractivity contribution in [1.82, 2.24) is 9.80 Å². The third-order valence-electron chi connectivity index (χ3n) is 4.53. The fourth-order valence-electron chi connectivity index (χ4n) is 2.75. The highest BCUT2D eigenvalue weighted by Gasteiger charge is 2.12. The summed E-state index contributed by atoms with van der Waals surface area (Å²) in [6, 6.07) is 6.29. The maximum atomic E-state index is 5.90. The highest BCUT2D eigenvalue weighted by Crippen LogP contribution is 2.20. The van der Waals surface area contributed by atoms with Gasteiger partial charge < -0.3 is 14.5 Å². The maximum absolute atomic E-state index is 5.90. The van der Waals surface area contributed by atoms with Gasteiger partial charge in [-0.25, -0.2) is 0 Å². The SMILES string of the molecule is Cc1cccc(OCCCCCN2CCN(C)CC2)c1C. The van der Waals surface area contributed by atoms with Crippen LogP contribution in [0.4, 0.5) is 0 Å². The molecule has 3 heteroatoms. The summed E-state index contributed by atoms with van der Waals surface area (Å²) in [6.07, 6.45) is 3.71. The molecule has 0 spiro atoms. The molecule has 0 aromatic heterocycles. The molecule has 0 aliphatic carbocycles. The second-order valence-electron chi connectivity index (χ2n) is 6.25. The van der Waals surface area contributed by atoms with Gasteiger partial charge >= 0.3 is 0 Å². The number of nitrogens with zero attached hydrogens (tertiary/aromatic N) is 2. The van der Waals surface area contributed by atoms with Crippen molar-refractivity contribution in [1.29, 1.82) is 0 Å². The van der Waals surface area contributed by atoms with Crippen LogP contribution in [-0.4, -0.2) is 56.2 Å². The van der Waals surface area contributed by atoms with E-state index in [2.05, 4.69) is 48.9 Å². The second kappa shape index (κ2) is 8.40. The molecule has 1 aromatic carbocycles. The Morgan fingerprint density at radius 2 is 1.76 bits per heavy atom. The Hall–Kier alpha value is -1.06. The monoisotopic (exact) mass is 290 g/mol. The van der Waals surface area contributed by atoms with Crippen LogP contribution in [0.3, 0.4) is 0 Å². The van der Waals surface area contributed by atoms with Gasteiger partial charge in [0.25, 0.3) is 0 Å². The van der Waals surface area contributed by atoms with Crippen molar-refractivity contribution in [3.8, 4) is 5.75 Å². The zero-order valence-corrected chi connectivity index (χ0v) is 13.9. The van der Waals surface area contributed by atoms with Crippen LogP contribution in [0, 0.1) is 13.8 Å². The third-order valence-corrected chi connectivity index (χ3v) is 4.53. The van der Waals surface area contributed by atoms with Gasteiger partial charge in [-0.3, -0.25) is 0 Å². The van der Waals surface area contributed by atoms with Gasteiger partial charge in [-0.2, -0.15) is 0 Å². The number of ether oxygens (including phenoxy) is 1. The van der Waals surface area contributed by atoms with Crippen molar-refractivity contribution in [2.75, 3.05) is 46.4 Å². The number of likely N-dealkylation sites (N-methyl/N-ethyl adjacent to an activating group) is 1. The average molecular weight is 290 g/mol. The van der Waals surface area contributed by atoms with Crippen molar-refractivity contribution < 1.29 is 4.74 Å². The lowest BCUT2D eigenvalue weighted by Gasteiger charge is -2.32. The van der Waals surface area contributed by atoms with Crippen LogP contribution >= 0.6 is 0 Å². The highest BCUT2D eigenvalue weighted by atomic mass is 16.5. The van der Waals surface area contributed by atoms with Crippen molar-refractivity contribution in [2.45, 2.75) is 33.1 Å².